The first-order chi connectivity index (χ1) is 19.0. The van der Waals surface area contributed by atoms with Gasteiger partial charge in [-0.05, 0) is 74.4 Å². The molecule has 9 heteroatoms. The van der Waals surface area contributed by atoms with Crippen molar-refractivity contribution in [2.45, 2.75) is 26.2 Å². The van der Waals surface area contributed by atoms with Gasteiger partial charge in [-0.2, -0.15) is 15.3 Å². The van der Waals surface area contributed by atoms with Gasteiger partial charge in [0.2, 0.25) is 0 Å². The Balaban J connectivity index is 1.28. The zero-order chi connectivity index (χ0) is 27.2. The molecule has 39 heavy (non-hydrogen) atoms. The van der Waals surface area contributed by atoms with Crippen molar-refractivity contribution < 1.29 is 18.7 Å². The second kappa shape index (κ2) is 11.6. The first-order valence-corrected chi connectivity index (χ1v) is 12.5. The van der Waals surface area contributed by atoms with Gasteiger partial charge in [0, 0.05) is 28.8 Å². The number of hydrogen-bond donors (Lipinski definition) is 2. The third-order valence-corrected chi connectivity index (χ3v) is 6.32. The Kier molecular flexibility index (Phi) is 7.58. The van der Waals surface area contributed by atoms with Gasteiger partial charge in [0.05, 0.1) is 24.2 Å². The number of furan rings is 1. The monoisotopic (exact) mass is 521 g/mol. The number of hydrogen-bond acceptors (Lipinski definition) is 7. The van der Waals surface area contributed by atoms with Crippen molar-refractivity contribution in [3.05, 3.63) is 107 Å². The number of azo groups is 1. The number of ether oxygens (including phenoxy) is 1. The average Bonchev–Trinajstić information content (AvgIpc) is 3.33. The second-order valence-electron chi connectivity index (χ2n) is 8.98. The summed E-state index contributed by atoms with van der Waals surface area (Å²) in [7, 11) is 1.55. The zero-order valence-electron chi connectivity index (χ0n) is 21.6. The summed E-state index contributed by atoms with van der Waals surface area (Å²) < 4.78 is 11.2. The van der Waals surface area contributed by atoms with Gasteiger partial charge in [-0.15, -0.1) is 0 Å². The highest BCUT2D eigenvalue weighted by molar-refractivity contribution is 6.09. The quantitative estimate of drug-likeness (QED) is 0.207. The number of aryl methyl sites for hydroxylation is 1. The van der Waals surface area contributed by atoms with E-state index in [1.54, 1.807) is 55.6 Å². The SMILES string of the molecule is COc1cccc(C(=O)NN=C2CCCc3oc(C(=O)Nc4ccc(N=Nc5ccccc5)cc4)c(C)c32)c1. The van der Waals surface area contributed by atoms with E-state index in [1.807, 2.05) is 37.3 Å². The number of anilines is 1. The van der Waals surface area contributed by atoms with Crippen LogP contribution < -0.4 is 15.5 Å². The van der Waals surface area contributed by atoms with E-state index in [9.17, 15) is 9.59 Å². The molecule has 0 fully saturated rings. The molecule has 0 spiro atoms. The van der Waals surface area contributed by atoms with Crippen LogP contribution in [0.1, 0.15) is 50.6 Å². The maximum Gasteiger partial charge on any atom is 0.291 e. The smallest absolute Gasteiger partial charge is 0.291 e. The Morgan fingerprint density at radius 1 is 0.872 bits per heavy atom. The third-order valence-electron chi connectivity index (χ3n) is 6.32. The van der Waals surface area contributed by atoms with E-state index in [2.05, 4.69) is 26.1 Å². The molecule has 1 aliphatic carbocycles. The summed E-state index contributed by atoms with van der Waals surface area (Å²) in [6, 6.07) is 23.4. The number of hydrazone groups is 1. The van der Waals surface area contributed by atoms with Crippen molar-refractivity contribution in [3.8, 4) is 5.75 Å². The lowest BCUT2D eigenvalue weighted by Gasteiger charge is -2.13. The van der Waals surface area contributed by atoms with Gasteiger partial charge in [0.15, 0.2) is 5.76 Å². The van der Waals surface area contributed by atoms with Crippen LogP contribution in [0.4, 0.5) is 17.1 Å². The minimum atomic E-state index is -0.361. The minimum Gasteiger partial charge on any atom is -0.497 e. The van der Waals surface area contributed by atoms with Gasteiger partial charge in [-0.3, -0.25) is 9.59 Å². The molecule has 4 aromatic rings. The standard InChI is InChI=1S/C30H27N5O4/c1-19-27-25(34-35-29(36)20-8-6-11-24(18-20)38-2)12-7-13-26(27)39-28(19)30(37)31-21-14-16-23(17-15-21)33-32-22-9-4-3-5-10-22/h3-6,8-11,14-18H,7,12-13H2,1-2H3,(H,31,37)(H,35,36). The van der Waals surface area contributed by atoms with Gasteiger partial charge in [-0.1, -0.05) is 24.3 Å². The minimum absolute atomic E-state index is 0.224. The molecule has 2 amide bonds. The molecule has 0 aliphatic heterocycles. The van der Waals surface area contributed by atoms with E-state index < -0.39 is 0 Å². The van der Waals surface area contributed by atoms with Gasteiger partial charge in [0.1, 0.15) is 11.5 Å². The fourth-order valence-corrected chi connectivity index (χ4v) is 4.35. The molecular weight excluding hydrogens is 494 g/mol. The summed E-state index contributed by atoms with van der Waals surface area (Å²) in [4.78, 5) is 25.7. The number of nitrogens with zero attached hydrogens (tertiary/aromatic N) is 3. The summed E-state index contributed by atoms with van der Waals surface area (Å²) in [6.45, 7) is 1.83. The molecule has 0 atom stereocenters. The number of fused-ring (bicyclic) bond motifs is 1. The number of carbonyl (C=O) groups excluding carboxylic acids is 2. The maximum absolute atomic E-state index is 13.1. The fourth-order valence-electron chi connectivity index (χ4n) is 4.35. The van der Waals surface area contributed by atoms with Crippen molar-refractivity contribution in [2.75, 3.05) is 12.4 Å². The molecule has 0 radical (unpaired) electrons. The Morgan fingerprint density at radius 2 is 1.62 bits per heavy atom. The lowest BCUT2D eigenvalue weighted by Crippen LogP contribution is -2.22. The molecular formula is C30H27N5O4. The van der Waals surface area contributed by atoms with Crippen LogP contribution in [0.25, 0.3) is 0 Å². The molecule has 0 saturated heterocycles. The molecule has 196 valence electrons. The molecule has 1 aliphatic rings. The van der Waals surface area contributed by atoms with Crippen LogP contribution in [-0.2, 0) is 6.42 Å². The predicted molar refractivity (Wildman–Crippen MR) is 148 cm³/mol. The Labute approximate surface area is 225 Å². The van der Waals surface area contributed by atoms with E-state index in [0.29, 0.717) is 52.6 Å². The lowest BCUT2D eigenvalue weighted by molar-refractivity contribution is 0.0953. The van der Waals surface area contributed by atoms with Gasteiger partial charge in [-0.25, -0.2) is 5.43 Å². The van der Waals surface area contributed by atoms with Gasteiger partial charge in [0.25, 0.3) is 11.8 Å². The molecule has 3 aromatic carbocycles. The number of methoxy groups -OCH3 is 1. The van der Waals surface area contributed by atoms with Crippen LogP contribution in [-0.4, -0.2) is 24.6 Å². The van der Waals surface area contributed by atoms with E-state index >= 15 is 0 Å². The van der Waals surface area contributed by atoms with Gasteiger partial charge >= 0.3 is 0 Å². The Bertz CT molecular complexity index is 1560. The predicted octanol–water partition coefficient (Wildman–Crippen LogP) is 6.73. The fraction of sp³-hybridized carbons (Fsp3) is 0.167. The lowest BCUT2D eigenvalue weighted by atomic mass is 9.93. The molecule has 0 unspecified atom stereocenters. The first kappa shape index (κ1) is 25.6. The van der Waals surface area contributed by atoms with Crippen molar-refractivity contribution in [1.29, 1.82) is 0 Å². The molecule has 0 bridgehead atoms. The summed E-state index contributed by atoms with van der Waals surface area (Å²) in [5, 5.41) is 15.7. The normalized spacial score (nSPS) is 13.7. The highest BCUT2D eigenvalue weighted by Crippen LogP contribution is 2.30. The van der Waals surface area contributed by atoms with Crippen molar-refractivity contribution in [3.63, 3.8) is 0 Å². The average molecular weight is 522 g/mol. The van der Waals surface area contributed by atoms with Crippen LogP contribution in [0.5, 0.6) is 5.75 Å². The topological polar surface area (TPSA) is 118 Å². The van der Waals surface area contributed by atoms with Crippen LogP contribution in [0.3, 0.4) is 0 Å². The van der Waals surface area contributed by atoms with Crippen LogP contribution in [0.2, 0.25) is 0 Å². The van der Waals surface area contributed by atoms with Gasteiger partial charge < -0.3 is 14.5 Å². The first-order valence-electron chi connectivity index (χ1n) is 12.5. The Morgan fingerprint density at radius 3 is 2.36 bits per heavy atom. The molecule has 2 N–H and O–H groups in total. The summed E-state index contributed by atoms with van der Waals surface area (Å²) in [5.74, 6) is 0.791. The summed E-state index contributed by atoms with van der Waals surface area (Å²) in [6.07, 6.45) is 2.15. The molecule has 5 rings (SSSR count). The number of carbonyl (C=O) groups is 2. The van der Waals surface area contributed by atoms with Crippen molar-refractivity contribution in [2.24, 2.45) is 15.3 Å². The summed E-state index contributed by atoms with van der Waals surface area (Å²) >= 11 is 0. The molecule has 1 heterocycles. The van der Waals surface area contributed by atoms with E-state index in [-0.39, 0.29) is 17.6 Å². The van der Waals surface area contributed by atoms with Crippen molar-refractivity contribution >= 4 is 34.6 Å². The van der Waals surface area contributed by atoms with E-state index in [0.717, 1.165) is 17.7 Å². The molecule has 0 saturated carbocycles. The van der Waals surface area contributed by atoms with Crippen LogP contribution in [0, 0.1) is 6.92 Å². The van der Waals surface area contributed by atoms with Crippen LogP contribution >= 0.6 is 0 Å². The van der Waals surface area contributed by atoms with Crippen LogP contribution in [0.15, 0.2) is 98.6 Å². The highest BCUT2D eigenvalue weighted by Gasteiger charge is 2.28. The largest absolute Gasteiger partial charge is 0.497 e. The number of nitrogens with one attached hydrogen (secondary N) is 2. The van der Waals surface area contributed by atoms with Crippen molar-refractivity contribution in [1.82, 2.24) is 5.43 Å². The summed E-state index contributed by atoms with van der Waals surface area (Å²) in [5.41, 5.74) is 7.23. The number of rotatable bonds is 7. The molecule has 9 nitrogen and oxygen atoms in total. The van der Waals surface area contributed by atoms with E-state index in [1.165, 1.54) is 0 Å². The molecule has 1 aromatic heterocycles. The second-order valence-corrected chi connectivity index (χ2v) is 8.98. The van der Waals surface area contributed by atoms with E-state index in [4.69, 9.17) is 9.15 Å². The Hall–Kier alpha value is -5.05. The maximum atomic E-state index is 13.1. The third kappa shape index (κ3) is 5.93. The number of amides is 2. The number of benzene rings is 3. The zero-order valence-corrected chi connectivity index (χ0v) is 21.6. The highest BCUT2D eigenvalue weighted by atomic mass is 16.5.